The average Bonchev–Trinajstić information content (AvgIpc) is 2.90. The first kappa shape index (κ1) is 33.3. The van der Waals surface area contributed by atoms with Crippen LogP contribution in [0, 0.1) is 11.6 Å². The minimum atomic E-state index is -1.71. The van der Waals surface area contributed by atoms with Crippen LogP contribution in [0.3, 0.4) is 0 Å². The summed E-state index contributed by atoms with van der Waals surface area (Å²) in [4.78, 5) is 51.7. The van der Waals surface area contributed by atoms with Gasteiger partial charge in [0.15, 0.2) is 0 Å². The van der Waals surface area contributed by atoms with E-state index in [9.17, 15) is 38.2 Å². The Morgan fingerprint density at radius 3 is 1.93 bits per heavy atom. The van der Waals surface area contributed by atoms with Crippen LogP contribution in [-0.4, -0.2) is 76.1 Å². The van der Waals surface area contributed by atoms with Gasteiger partial charge in [-0.25, -0.2) is 8.78 Å². The van der Waals surface area contributed by atoms with Gasteiger partial charge in [-0.1, -0.05) is 13.8 Å². The number of rotatable bonds is 14. The summed E-state index contributed by atoms with van der Waals surface area (Å²) in [5.74, 6) is -4.37. The van der Waals surface area contributed by atoms with Crippen molar-refractivity contribution in [3.63, 3.8) is 0 Å². The maximum atomic E-state index is 13.9. The van der Waals surface area contributed by atoms with Gasteiger partial charge in [-0.2, -0.15) is 0 Å². The number of halogens is 2. The van der Waals surface area contributed by atoms with E-state index in [0.717, 1.165) is 12.1 Å². The average molecular weight is 581 g/mol. The third-order valence-corrected chi connectivity index (χ3v) is 6.40. The Labute approximate surface area is 240 Å². The molecule has 6 N–H and O–H groups in total. The van der Waals surface area contributed by atoms with E-state index in [4.69, 9.17) is 5.73 Å². The molecule has 0 aliphatic carbocycles. The van der Waals surface area contributed by atoms with Gasteiger partial charge >= 0.3 is 0 Å². The largest absolute Gasteiger partial charge is 0.388 e. The summed E-state index contributed by atoms with van der Waals surface area (Å²) in [5.41, 5.74) is 5.35. The quantitative estimate of drug-likeness (QED) is 0.231. The summed E-state index contributed by atoms with van der Waals surface area (Å²) in [6, 6.07) is 4.18. The zero-order chi connectivity index (χ0) is 30.9. The van der Waals surface area contributed by atoms with Gasteiger partial charge in [-0.15, -0.1) is 0 Å². The van der Waals surface area contributed by atoms with Crippen LogP contribution in [0.15, 0.2) is 36.4 Å². The predicted molar refractivity (Wildman–Crippen MR) is 152 cm³/mol. The Morgan fingerprint density at radius 1 is 0.878 bits per heavy atom. The molecule has 0 bridgehead atoms. The van der Waals surface area contributed by atoms with E-state index in [1.54, 1.807) is 4.90 Å². The Bertz CT molecular complexity index is 1240. The van der Waals surface area contributed by atoms with Gasteiger partial charge in [0.05, 0.1) is 12.1 Å². The lowest BCUT2D eigenvalue weighted by Crippen LogP contribution is -2.55. The number of aliphatic hydroxyl groups excluding tert-OH is 2. The molecular formula is C29H42F2N4O6. The normalized spacial score (nSPS) is 14.0. The highest BCUT2D eigenvalue weighted by atomic mass is 19.1. The predicted octanol–water partition coefficient (Wildman–Crippen LogP) is 2.41. The van der Waals surface area contributed by atoms with E-state index in [2.05, 4.69) is 10.6 Å². The van der Waals surface area contributed by atoms with Crippen molar-refractivity contribution in [1.82, 2.24) is 15.5 Å². The molecule has 0 spiro atoms. The molecule has 4 atom stereocenters. The molecule has 4 amide bonds. The van der Waals surface area contributed by atoms with Crippen molar-refractivity contribution in [2.45, 2.75) is 71.2 Å². The fourth-order valence-corrected chi connectivity index (χ4v) is 4.49. The summed E-state index contributed by atoms with van der Waals surface area (Å²) in [6.45, 7) is 7.38. The molecule has 0 aliphatic heterocycles. The standard InChI is InChI=1S/C29H38F2N4O6.2H2/c1-5-7-35(8-6-2)29(41)21-13-19(27(32)39)12-20(14-21)28(40)34-24(11-18-9-22(30)15-23(31)10-18)26(38)25(37)16(3)33-17(4)36;;/h9-10,12-16,24-26,37-38H,5-8,11H2,1-4H3,(H2,32,39)(H,33,36)(H,34,40);2*1H/t16-,24+,25-,26-;;/m1../s1. The first-order valence-corrected chi connectivity index (χ1v) is 13.4. The number of carbonyl (C=O) groups excluding carboxylic acids is 4. The number of amides is 4. The molecule has 0 radical (unpaired) electrons. The zero-order valence-corrected chi connectivity index (χ0v) is 23.6. The van der Waals surface area contributed by atoms with Gasteiger partial charge < -0.3 is 31.5 Å². The van der Waals surface area contributed by atoms with Crippen LogP contribution in [-0.2, 0) is 11.2 Å². The van der Waals surface area contributed by atoms with Crippen LogP contribution in [0.25, 0.3) is 0 Å². The van der Waals surface area contributed by atoms with Gasteiger partial charge in [0, 0.05) is 45.6 Å². The number of aliphatic hydroxyl groups is 2. The van der Waals surface area contributed by atoms with E-state index < -0.39 is 59.6 Å². The van der Waals surface area contributed by atoms with Crippen molar-refractivity contribution in [3.05, 3.63) is 70.3 Å². The lowest BCUT2D eigenvalue weighted by atomic mass is 9.94. The number of carbonyl (C=O) groups is 4. The van der Waals surface area contributed by atoms with Gasteiger partial charge in [-0.3, -0.25) is 19.2 Å². The van der Waals surface area contributed by atoms with E-state index >= 15 is 0 Å². The number of benzene rings is 2. The van der Waals surface area contributed by atoms with E-state index in [1.165, 1.54) is 32.0 Å². The number of nitrogens with zero attached hydrogens (tertiary/aromatic N) is 1. The van der Waals surface area contributed by atoms with Crippen molar-refractivity contribution in [2.24, 2.45) is 5.73 Å². The second-order valence-corrected chi connectivity index (χ2v) is 9.99. The molecule has 0 aliphatic rings. The zero-order valence-electron chi connectivity index (χ0n) is 23.6. The molecule has 0 unspecified atom stereocenters. The molecule has 0 aromatic heterocycles. The van der Waals surface area contributed by atoms with Crippen molar-refractivity contribution < 1.29 is 41.0 Å². The topological polar surface area (TPSA) is 162 Å². The van der Waals surface area contributed by atoms with Gasteiger partial charge in [0.25, 0.3) is 11.8 Å². The van der Waals surface area contributed by atoms with Crippen LogP contribution in [0.1, 0.15) is 80.0 Å². The number of primary amides is 1. The molecule has 2 rings (SSSR count). The first-order chi connectivity index (χ1) is 19.3. The van der Waals surface area contributed by atoms with Crippen LogP contribution >= 0.6 is 0 Å². The molecule has 2 aromatic carbocycles. The number of nitrogens with one attached hydrogen (secondary N) is 2. The second kappa shape index (κ2) is 15.2. The lowest BCUT2D eigenvalue weighted by molar-refractivity contribution is -0.121. The van der Waals surface area contributed by atoms with Crippen molar-refractivity contribution in [2.75, 3.05) is 13.1 Å². The molecule has 0 saturated heterocycles. The highest BCUT2D eigenvalue weighted by Gasteiger charge is 2.32. The highest BCUT2D eigenvalue weighted by molar-refractivity contribution is 6.04. The maximum Gasteiger partial charge on any atom is 0.253 e. The number of hydrogen-bond donors (Lipinski definition) is 5. The van der Waals surface area contributed by atoms with Crippen molar-refractivity contribution >= 4 is 23.6 Å². The summed E-state index contributed by atoms with van der Waals surface area (Å²) in [7, 11) is 0. The smallest absolute Gasteiger partial charge is 0.253 e. The first-order valence-electron chi connectivity index (χ1n) is 13.4. The second-order valence-electron chi connectivity index (χ2n) is 9.99. The Kier molecular flexibility index (Phi) is 12.3. The van der Waals surface area contributed by atoms with Crippen molar-refractivity contribution in [3.8, 4) is 0 Å². The van der Waals surface area contributed by atoms with Crippen LogP contribution < -0.4 is 16.4 Å². The summed E-state index contributed by atoms with van der Waals surface area (Å²) < 4.78 is 27.8. The minimum absolute atomic E-state index is 0. The summed E-state index contributed by atoms with van der Waals surface area (Å²) >= 11 is 0. The van der Waals surface area contributed by atoms with Crippen LogP contribution in [0.5, 0.6) is 0 Å². The molecule has 228 valence electrons. The molecule has 2 aromatic rings. The van der Waals surface area contributed by atoms with E-state index in [0.29, 0.717) is 32.0 Å². The maximum absolute atomic E-state index is 13.9. The molecule has 0 fully saturated rings. The number of hydrogen-bond acceptors (Lipinski definition) is 6. The summed E-state index contributed by atoms with van der Waals surface area (Å²) in [5, 5.41) is 26.7. The highest BCUT2D eigenvalue weighted by Crippen LogP contribution is 2.18. The van der Waals surface area contributed by atoms with Crippen molar-refractivity contribution in [1.29, 1.82) is 0 Å². The molecular weight excluding hydrogens is 538 g/mol. The third-order valence-electron chi connectivity index (χ3n) is 6.40. The summed E-state index contributed by atoms with van der Waals surface area (Å²) in [6.07, 6.45) is -2.24. The Morgan fingerprint density at radius 2 is 1.41 bits per heavy atom. The minimum Gasteiger partial charge on any atom is -0.388 e. The van der Waals surface area contributed by atoms with E-state index in [1.807, 2.05) is 13.8 Å². The Hall–Kier alpha value is -3.90. The SMILES string of the molecule is CCCN(CCC)C(=O)c1cc(C(N)=O)cc(C(=O)N[C@@H](Cc2cc(F)cc(F)c2)[C@@H](O)[C@H](O)[C@@H](C)NC(C)=O)c1.[HH].[HH]. The molecule has 10 nitrogen and oxygen atoms in total. The monoisotopic (exact) mass is 580 g/mol. The third kappa shape index (κ3) is 9.61. The molecule has 41 heavy (non-hydrogen) atoms. The lowest BCUT2D eigenvalue weighted by Gasteiger charge is -2.31. The molecule has 0 saturated carbocycles. The fraction of sp³-hybridized carbons (Fsp3) is 0.448. The fourth-order valence-electron chi connectivity index (χ4n) is 4.49. The van der Waals surface area contributed by atoms with Crippen LogP contribution in [0.4, 0.5) is 8.78 Å². The Balaban J connectivity index is 0.00000882. The van der Waals surface area contributed by atoms with E-state index in [-0.39, 0.29) is 31.5 Å². The van der Waals surface area contributed by atoms with Gasteiger partial charge in [-0.05, 0) is 62.1 Å². The van der Waals surface area contributed by atoms with Gasteiger partial charge in [0.2, 0.25) is 11.8 Å². The van der Waals surface area contributed by atoms with Gasteiger partial charge in [0.1, 0.15) is 23.8 Å². The molecule has 12 heteroatoms. The van der Waals surface area contributed by atoms with Crippen LogP contribution in [0.2, 0.25) is 0 Å². The molecule has 0 heterocycles. The number of nitrogens with two attached hydrogens (primary N) is 1.